The maximum atomic E-state index is 5.41. The summed E-state index contributed by atoms with van der Waals surface area (Å²) in [6.45, 7) is 7.93. The summed E-state index contributed by atoms with van der Waals surface area (Å²) in [5, 5.41) is 3.65. The lowest BCUT2D eigenvalue weighted by Gasteiger charge is -2.42. The monoisotopic (exact) mass is 240 g/mol. The average molecular weight is 240 g/mol. The third-order valence-corrected chi connectivity index (χ3v) is 4.21. The molecule has 0 radical (unpaired) electrons. The molecule has 17 heavy (non-hydrogen) atoms. The Kier molecular flexibility index (Phi) is 4.83. The highest BCUT2D eigenvalue weighted by molar-refractivity contribution is 4.87. The molecule has 1 aliphatic carbocycles. The number of nitrogens with zero attached hydrogens (tertiary/aromatic N) is 1. The Bertz CT molecular complexity index is 230. The van der Waals surface area contributed by atoms with Gasteiger partial charge in [0.15, 0.2) is 0 Å². The molecule has 0 aromatic heterocycles. The van der Waals surface area contributed by atoms with Crippen molar-refractivity contribution in [1.29, 1.82) is 0 Å². The molecule has 3 atom stereocenters. The zero-order valence-electron chi connectivity index (χ0n) is 11.6. The smallest absolute Gasteiger partial charge is 0.0630 e. The normalized spacial score (nSPS) is 32.6. The number of ether oxygens (including phenoxy) is 1. The van der Waals surface area contributed by atoms with Gasteiger partial charge in [-0.15, -0.1) is 0 Å². The van der Waals surface area contributed by atoms with E-state index in [-0.39, 0.29) is 0 Å². The summed E-state index contributed by atoms with van der Waals surface area (Å²) in [7, 11) is 1.82. The Labute approximate surface area is 106 Å². The van der Waals surface area contributed by atoms with E-state index in [0.29, 0.717) is 12.1 Å². The SMILES string of the molecule is COCC(CNC1CC1)N1CC(C)CCC1C. The van der Waals surface area contributed by atoms with Gasteiger partial charge < -0.3 is 10.1 Å². The fourth-order valence-corrected chi connectivity index (χ4v) is 2.89. The average Bonchev–Trinajstić information content (AvgIpc) is 3.12. The number of hydrogen-bond acceptors (Lipinski definition) is 3. The van der Waals surface area contributed by atoms with E-state index in [9.17, 15) is 0 Å². The van der Waals surface area contributed by atoms with Gasteiger partial charge in [-0.1, -0.05) is 6.92 Å². The van der Waals surface area contributed by atoms with E-state index in [2.05, 4.69) is 24.1 Å². The van der Waals surface area contributed by atoms with Crippen LogP contribution in [0, 0.1) is 5.92 Å². The highest BCUT2D eigenvalue weighted by Crippen LogP contribution is 2.24. The minimum absolute atomic E-state index is 0.554. The minimum atomic E-state index is 0.554. The van der Waals surface area contributed by atoms with Crippen molar-refractivity contribution in [3.05, 3.63) is 0 Å². The topological polar surface area (TPSA) is 24.5 Å². The molecule has 100 valence electrons. The molecule has 1 heterocycles. The molecule has 2 fully saturated rings. The molecule has 2 rings (SSSR count). The van der Waals surface area contributed by atoms with Gasteiger partial charge in [-0.2, -0.15) is 0 Å². The maximum Gasteiger partial charge on any atom is 0.0630 e. The van der Waals surface area contributed by atoms with Crippen LogP contribution in [-0.4, -0.2) is 49.8 Å². The van der Waals surface area contributed by atoms with Gasteiger partial charge in [0.05, 0.1) is 6.61 Å². The van der Waals surface area contributed by atoms with Crippen LogP contribution in [0.2, 0.25) is 0 Å². The van der Waals surface area contributed by atoms with Crippen molar-refractivity contribution in [3.63, 3.8) is 0 Å². The van der Waals surface area contributed by atoms with Crippen LogP contribution in [0.25, 0.3) is 0 Å². The summed E-state index contributed by atoms with van der Waals surface area (Å²) in [4.78, 5) is 2.66. The Morgan fingerprint density at radius 3 is 2.65 bits per heavy atom. The van der Waals surface area contributed by atoms with Crippen LogP contribution in [0.1, 0.15) is 39.5 Å². The first-order valence-corrected chi connectivity index (χ1v) is 7.18. The minimum Gasteiger partial charge on any atom is -0.383 e. The van der Waals surface area contributed by atoms with Crippen molar-refractivity contribution >= 4 is 0 Å². The van der Waals surface area contributed by atoms with Gasteiger partial charge in [0, 0.05) is 38.3 Å². The third-order valence-electron chi connectivity index (χ3n) is 4.21. The first-order valence-electron chi connectivity index (χ1n) is 7.18. The van der Waals surface area contributed by atoms with E-state index < -0.39 is 0 Å². The molecule has 3 unspecified atom stereocenters. The molecule has 1 aliphatic heterocycles. The Hall–Kier alpha value is -0.120. The predicted molar refractivity (Wildman–Crippen MR) is 71.3 cm³/mol. The Balaban J connectivity index is 1.86. The number of nitrogens with one attached hydrogen (secondary N) is 1. The molecule has 1 saturated carbocycles. The second-order valence-corrected chi connectivity index (χ2v) is 6.02. The van der Waals surface area contributed by atoms with Crippen molar-refractivity contribution in [2.45, 2.75) is 57.7 Å². The fraction of sp³-hybridized carbons (Fsp3) is 1.00. The van der Waals surface area contributed by atoms with Crippen LogP contribution in [-0.2, 0) is 4.74 Å². The van der Waals surface area contributed by atoms with Crippen LogP contribution in [0.15, 0.2) is 0 Å². The summed E-state index contributed by atoms with van der Waals surface area (Å²) in [6, 6.07) is 2.07. The number of rotatable bonds is 6. The highest BCUT2D eigenvalue weighted by Gasteiger charge is 2.30. The van der Waals surface area contributed by atoms with Crippen LogP contribution < -0.4 is 5.32 Å². The molecule has 2 aliphatic rings. The van der Waals surface area contributed by atoms with E-state index in [4.69, 9.17) is 4.74 Å². The van der Waals surface area contributed by atoms with Crippen molar-refractivity contribution in [3.8, 4) is 0 Å². The lowest BCUT2D eigenvalue weighted by atomic mass is 9.93. The lowest BCUT2D eigenvalue weighted by molar-refractivity contribution is 0.0303. The van der Waals surface area contributed by atoms with Crippen molar-refractivity contribution in [2.75, 3.05) is 26.8 Å². The van der Waals surface area contributed by atoms with Crippen LogP contribution in [0.5, 0.6) is 0 Å². The van der Waals surface area contributed by atoms with E-state index >= 15 is 0 Å². The zero-order valence-corrected chi connectivity index (χ0v) is 11.6. The van der Waals surface area contributed by atoms with E-state index in [1.165, 1.54) is 32.2 Å². The molecule has 3 heteroatoms. The standard InChI is InChI=1S/C14H28N2O/c1-11-4-5-12(2)16(9-11)14(10-17-3)8-15-13-6-7-13/h11-15H,4-10H2,1-3H3. The number of likely N-dealkylation sites (tertiary alicyclic amines) is 1. The second-order valence-electron chi connectivity index (χ2n) is 6.02. The van der Waals surface area contributed by atoms with Gasteiger partial charge in [0.2, 0.25) is 0 Å². The predicted octanol–water partition coefficient (Wildman–Crippen LogP) is 1.87. The van der Waals surface area contributed by atoms with Gasteiger partial charge in [0.1, 0.15) is 0 Å². The lowest BCUT2D eigenvalue weighted by Crippen LogP contribution is -2.53. The van der Waals surface area contributed by atoms with E-state index in [0.717, 1.165) is 25.1 Å². The zero-order chi connectivity index (χ0) is 12.3. The molecule has 1 saturated heterocycles. The molecule has 3 nitrogen and oxygen atoms in total. The highest BCUT2D eigenvalue weighted by atomic mass is 16.5. The first kappa shape index (κ1) is 13.3. The van der Waals surface area contributed by atoms with Gasteiger partial charge >= 0.3 is 0 Å². The Morgan fingerprint density at radius 1 is 1.24 bits per heavy atom. The van der Waals surface area contributed by atoms with Crippen LogP contribution >= 0.6 is 0 Å². The fourth-order valence-electron chi connectivity index (χ4n) is 2.89. The molecule has 0 spiro atoms. The molecular formula is C14H28N2O. The number of hydrogen-bond donors (Lipinski definition) is 1. The summed E-state index contributed by atoms with van der Waals surface area (Å²) < 4.78 is 5.41. The van der Waals surface area contributed by atoms with E-state index in [1.807, 2.05) is 7.11 Å². The molecular weight excluding hydrogens is 212 g/mol. The van der Waals surface area contributed by atoms with Crippen LogP contribution in [0.3, 0.4) is 0 Å². The molecule has 0 amide bonds. The number of methoxy groups -OCH3 is 1. The third kappa shape index (κ3) is 3.94. The van der Waals surface area contributed by atoms with Crippen molar-refractivity contribution in [1.82, 2.24) is 10.2 Å². The number of piperidine rings is 1. The second kappa shape index (κ2) is 6.17. The summed E-state index contributed by atoms with van der Waals surface area (Å²) in [5.41, 5.74) is 0. The first-order chi connectivity index (χ1) is 8.20. The summed E-state index contributed by atoms with van der Waals surface area (Å²) >= 11 is 0. The van der Waals surface area contributed by atoms with Gasteiger partial charge in [-0.05, 0) is 38.5 Å². The van der Waals surface area contributed by atoms with Gasteiger partial charge in [0.25, 0.3) is 0 Å². The van der Waals surface area contributed by atoms with Gasteiger partial charge in [-0.3, -0.25) is 4.90 Å². The molecule has 0 aromatic rings. The van der Waals surface area contributed by atoms with Crippen molar-refractivity contribution in [2.24, 2.45) is 5.92 Å². The summed E-state index contributed by atoms with van der Waals surface area (Å²) in [5.74, 6) is 0.839. The molecule has 1 N–H and O–H groups in total. The van der Waals surface area contributed by atoms with Crippen molar-refractivity contribution < 1.29 is 4.74 Å². The summed E-state index contributed by atoms with van der Waals surface area (Å²) in [6.07, 6.45) is 5.45. The molecule has 0 bridgehead atoms. The van der Waals surface area contributed by atoms with Crippen LogP contribution in [0.4, 0.5) is 0 Å². The van der Waals surface area contributed by atoms with Gasteiger partial charge in [-0.25, -0.2) is 0 Å². The molecule has 0 aromatic carbocycles. The maximum absolute atomic E-state index is 5.41. The quantitative estimate of drug-likeness (QED) is 0.767. The largest absolute Gasteiger partial charge is 0.383 e. The Morgan fingerprint density at radius 2 is 2.00 bits per heavy atom. The van der Waals surface area contributed by atoms with E-state index in [1.54, 1.807) is 0 Å².